The lowest BCUT2D eigenvalue weighted by atomic mass is 10.2. The van der Waals surface area contributed by atoms with Crippen molar-refractivity contribution in [1.29, 1.82) is 0 Å². The number of carbonyl (C=O) groups excluding carboxylic acids is 1. The monoisotopic (exact) mass is 140 g/mol. The maximum Gasteiger partial charge on any atom is 0.254 e. The second-order valence-electron chi connectivity index (χ2n) is 2.04. The molecule has 10 heavy (non-hydrogen) atoms. The molecule has 54 valence electrons. The molecule has 0 spiro atoms. The smallest absolute Gasteiger partial charge is 0.254 e. The zero-order valence-electron chi connectivity index (χ0n) is 5.33. The molecule has 0 saturated heterocycles. The highest BCUT2D eigenvalue weighted by Crippen LogP contribution is 1.93. The molecule has 1 rings (SSSR count). The van der Waals surface area contributed by atoms with Crippen LogP contribution in [-0.2, 0) is 4.79 Å². The number of hydrogen-bond acceptors (Lipinski definition) is 2. The average Bonchev–Trinajstić information content (AvgIpc) is 1.88. The minimum atomic E-state index is -0.552. The van der Waals surface area contributed by atoms with Crippen molar-refractivity contribution in [2.24, 2.45) is 5.73 Å². The van der Waals surface area contributed by atoms with Crippen LogP contribution in [0.4, 0.5) is 0 Å². The quantitative estimate of drug-likeness (QED) is 0.426. The molecule has 1 amide bonds. The molecular formula is C6H8N2O2. The van der Waals surface area contributed by atoms with Crippen molar-refractivity contribution in [3.05, 3.63) is 29.1 Å². The van der Waals surface area contributed by atoms with E-state index in [1.807, 2.05) is 0 Å². The predicted molar refractivity (Wildman–Crippen MR) is 35.6 cm³/mol. The van der Waals surface area contributed by atoms with Gasteiger partial charge in [-0.1, -0.05) is 0 Å². The van der Waals surface area contributed by atoms with Crippen molar-refractivity contribution in [1.82, 2.24) is 0 Å². The third-order valence-electron chi connectivity index (χ3n) is 1.22. The molecule has 0 aromatic rings. The van der Waals surface area contributed by atoms with Crippen LogP contribution in [0.25, 0.3) is 0 Å². The van der Waals surface area contributed by atoms with Gasteiger partial charge in [-0.25, -0.2) is 0 Å². The molecule has 1 aliphatic heterocycles. The largest absolute Gasteiger partial charge is 0.629 e. The molecule has 0 radical (unpaired) electrons. The number of hydrogen-bond donors (Lipinski definition) is 2. The van der Waals surface area contributed by atoms with Gasteiger partial charge >= 0.3 is 0 Å². The summed E-state index contributed by atoms with van der Waals surface area (Å²) in [6.07, 6.45) is 4.45. The Morgan fingerprint density at radius 2 is 2.50 bits per heavy atom. The van der Waals surface area contributed by atoms with Crippen molar-refractivity contribution < 1.29 is 9.86 Å². The van der Waals surface area contributed by atoms with E-state index < -0.39 is 5.91 Å². The number of amides is 1. The first-order valence-electron chi connectivity index (χ1n) is 2.91. The van der Waals surface area contributed by atoms with E-state index in [0.717, 1.165) is 0 Å². The fraction of sp³-hybridized carbons (Fsp3) is 0.167. The van der Waals surface area contributed by atoms with Crippen molar-refractivity contribution >= 4 is 5.91 Å². The first-order chi connectivity index (χ1) is 4.70. The van der Waals surface area contributed by atoms with Gasteiger partial charge in [-0.05, 0) is 12.2 Å². The molecule has 0 aromatic carbocycles. The molecule has 4 nitrogen and oxygen atoms in total. The van der Waals surface area contributed by atoms with Crippen LogP contribution in [0.15, 0.2) is 23.9 Å². The van der Waals surface area contributed by atoms with Gasteiger partial charge in [0.05, 0.1) is 5.57 Å². The normalized spacial score (nSPS) is 24.1. The zero-order chi connectivity index (χ0) is 7.56. The number of nitrogens with one attached hydrogen (secondary N) is 1. The minimum absolute atomic E-state index is 0.0729. The van der Waals surface area contributed by atoms with Crippen molar-refractivity contribution in [3.8, 4) is 0 Å². The van der Waals surface area contributed by atoms with Crippen LogP contribution in [0.1, 0.15) is 0 Å². The molecule has 1 unspecified atom stereocenters. The SMILES string of the molecule is NC(=O)C1=C[NH+]([O-])CC=C1. The van der Waals surface area contributed by atoms with Gasteiger partial charge in [0.15, 0.2) is 0 Å². The molecule has 4 heteroatoms. The van der Waals surface area contributed by atoms with Gasteiger partial charge in [0.1, 0.15) is 12.7 Å². The molecule has 0 fully saturated rings. The highest BCUT2D eigenvalue weighted by atomic mass is 16.5. The van der Waals surface area contributed by atoms with Crippen LogP contribution in [0.5, 0.6) is 0 Å². The second-order valence-corrected chi connectivity index (χ2v) is 2.04. The van der Waals surface area contributed by atoms with Crippen LogP contribution in [0, 0.1) is 5.21 Å². The van der Waals surface area contributed by atoms with E-state index in [2.05, 4.69) is 0 Å². The standard InChI is InChI=1S/C6H8N2O2/c7-6(9)5-2-1-3-8(10)4-5/h1-2,4,8H,3H2,(H2,7,9). The number of rotatable bonds is 1. The average molecular weight is 140 g/mol. The second kappa shape index (κ2) is 2.64. The summed E-state index contributed by atoms with van der Waals surface area (Å²) in [5.41, 5.74) is 5.21. The fourth-order valence-corrected chi connectivity index (χ4v) is 0.736. The Morgan fingerprint density at radius 1 is 1.80 bits per heavy atom. The summed E-state index contributed by atoms with van der Waals surface area (Å²) in [5.74, 6) is -0.552. The molecule has 3 N–H and O–H groups in total. The Hall–Kier alpha value is -1.13. The molecule has 0 aliphatic carbocycles. The van der Waals surface area contributed by atoms with Gasteiger partial charge in [-0.3, -0.25) is 4.79 Å². The number of carbonyl (C=O) groups is 1. The summed E-state index contributed by atoms with van der Waals surface area (Å²) in [4.78, 5) is 10.5. The van der Waals surface area contributed by atoms with Crippen LogP contribution in [-0.4, -0.2) is 12.5 Å². The molecule has 1 heterocycles. The van der Waals surface area contributed by atoms with E-state index in [9.17, 15) is 10.0 Å². The van der Waals surface area contributed by atoms with E-state index in [0.29, 0.717) is 6.54 Å². The van der Waals surface area contributed by atoms with Gasteiger partial charge in [0.2, 0.25) is 0 Å². The summed E-state index contributed by atoms with van der Waals surface area (Å²) in [6, 6.07) is 0. The first kappa shape index (κ1) is 6.98. The lowest BCUT2D eigenvalue weighted by Crippen LogP contribution is -3.02. The Labute approximate surface area is 58.2 Å². The zero-order valence-corrected chi connectivity index (χ0v) is 5.33. The summed E-state index contributed by atoms with van der Waals surface area (Å²) >= 11 is 0. The van der Waals surface area contributed by atoms with Crippen molar-refractivity contribution in [2.45, 2.75) is 0 Å². The number of quaternary nitrogens is 1. The van der Waals surface area contributed by atoms with Crippen molar-refractivity contribution in [3.63, 3.8) is 0 Å². The van der Waals surface area contributed by atoms with Crippen LogP contribution < -0.4 is 10.8 Å². The third kappa shape index (κ3) is 1.43. The Kier molecular flexibility index (Phi) is 1.84. The van der Waals surface area contributed by atoms with E-state index >= 15 is 0 Å². The van der Waals surface area contributed by atoms with E-state index in [1.54, 1.807) is 12.2 Å². The van der Waals surface area contributed by atoms with E-state index in [-0.39, 0.29) is 10.6 Å². The predicted octanol–water partition coefficient (Wildman–Crippen LogP) is -1.69. The highest BCUT2D eigenvalue weighted by Gasteiger charge is 2.06. The topological polar surface area (TPSA) is 70.6 Å². The Bertz CT molecular complexity index is 208. The molecule has 0 bridgehead atoms. The van der Waals surface area contributed by atoms with Gasteiger partial charge in [0, 0.05) is 0 Å². The van der Waals surface area contributed by atoms with E-state index in [4.69, 9.17) is 5.73 Å². The first-order valence-corrected chi connectivity index (χ1v) is 2.91. The molecular weight excluding hydrogens is 132 g/mol. The molecule has 1 aliphatic rings. The van der Waals surface area contributed by atoms with Gasteiger partial charge in [0.25, 0.3) is 5.91 Å². The summed E-state index contributed by atoms with van der Waals surface area (Å²) < 4.78 is 0. The van der Waals surface area contributed by atoms with Crippen LogP contribution >= 0.6 is 0 Å². The summed E-state index contributed by atoms with van der Waals surface area (Å²) in [7, 11) is 0. The Balaban J connectivity index is 2.76. The van der Waals surface area contributed by atoms with Gasteiger partial charge < -0.3 is 16.0 Å². The number of primary amides is 1. The third-order valence-corrected chi connectivity index (χ3v) is 1.22. The highest BCUT2D eigenvalue weighted by molar-refractivity contribution is 5.94. The lowest BCUT2D eigenvalue weighted by molar-refractivity contribution is -0.785. The van der Waals surface area contributed by atoms with E-state index in [1.165, 1.54) is 6.20 Å². The summed E-state index contributed by atoms with van der Waals surface area (Å²) in [5, 5.41) is 10.6. The fourth-order valence-electron chi connectivity index (χ4n) is 0.736. The van der Waals surface area contributed by atoms with Crippen LogP contribution in [0.3, 0.4) is 0 Å². The number of nitrogens with two attached hydrogens (primary N) is 1. The maximum absolute atomic E-state index is 10.6. The molecule has 0 aromatic heterocycles. The minimum Gasteiger partial charge on any atom is -0.629 e. The van der Waals surface area contributed by atoms with Crippen LogP contribution in [0.2, 0.25) is 0 Å². The lowest BCUT2D eigenvalue weighted by Gasteiger charge is -2.18. The maximum atomic E-state index is 10.6. The Morgan fingerprint density at radius 3 is 2.90 bits per heavy atom. The molecule has 0 saturated carbocycles. The van der Waals surface area contributed by atoms with Gasteiger partial charge in [-0.15, -0.1) is 0 Å². The van der Waals surface area contributed by atoms with Gasteiger partial charge in [-0.2, -0.15) is 0 Å². The number of hydroxylamine groups is 2. The van der Waals surface area contributed by atoms with Crippen molar-refractivity contribution in [2.75, 3.05) is 6.54 Å². The summed E-state index contributed by atoms with van der Waals surface area (Å²) in [6.45, 7) is 0.372. The molecule has 1 atom stereocenters.